The van der Waals surface area contributed by atoms with E-state index in [-0.39, 0.29) is 40.9 Å². The zero-order valence-corrected chi connectivity index (χ0v) is 25.2. The molecule has 0 aliphatic carbocycles. The number of pyridine rings is 2. The van der Waals surface area contributed by atoms with Gasteiger partial charge in [-0.05, 0) is 56.8 Å². The lowest BCUT2D eigenvalue weighted by molar-refractivity contribution is -0.137. The largest absolute Gasteiger partial charge is 0.461 e. The van der Waals surface area contributed by atoms with Crippen molar-refractivity contribution in [3.8, 4) is 17.4 Å². The lowest BCUT2D eigenvalue weighted by Gasteiger charge is -2.34. The van der Waals surface area contributed by atoms with Gasteiger partial charge in [-0.25, -0.2) is 9.37 Å². The van der Waals surface area contributed by atoms with Crippen LogP contribution in [0.4, 0.5) is 29.2 Å². The Morgan fingerprint density at radius 1 is 1.11 bits per heavy atom. The van der Waals surface area contributed by atoms with Gasteiger partial charge in [-0.2, -0.15) is 23.1 Å². The first-order chi connectivity index (χ1) is 21.5. The van der Waals surface area contributed by atoms with Gasteiger partial charge in [-0.3, -0.25) is 9.88 Å². The van der Waals surface area contributed by atoms with Crippen molar-refractivity contribution >= 4 is 33.6 Å². The first kappa shape index (κ1) is 28.7. The van der Waals surface area contributed by atoms with E-state index in [2.05, 4.69) is 25.1 Å². The van der Waals surface area contributed by atoms with Gasteiger partial charge in [0.15, 0.2) is 0 Å². The zero-order chi connectivity index (χ0) is 31.2. The molecule has 0 aromatic carbocycles. The predicted octanol–water partition coefficient (Wildman–Crippen LogP) is 4.38. The normalized spacial score (nSPS) is 26.8. The highest BCUT2D eigenvalue weighted by atomic mass is 19.4. The molecule has 8 heterocycles. The summed E-state index contributed by atoms with van der Waals surface area (Å²) in [7, 11) is 1.76. The maximum atomic E-state index is 14.5. The van der Waals surface area contributed by atoms with E-state index in [4.69, 9.17) is 20.4 Å². The molecular formula is C31H35F4N9O. The summed E-state index contributed by atoms with van der Waals surface area (Å²) in [6.45, 7) is 4.35. The summed E-state index contributed by atoms with van der Waals surface area (Å²) in [6.07, 6.45) is 0.306. The van der Waals surface area contributed by atoms with E-state index in [0.29, 0.717) is 52.8 Å². The second-order valence-electron chi connectivity index (χ2n) is 13.1. The lowest BCUT2D eigenvalue weighted by atomic mass is 9.95. The molecule has 4 atom stereocenters. The topological polar surface area (TPSA) is 110 Å². The van der Waals surface area contributed by atoms with Crippen LogP contribution in [0.1, 0.15) is 43.2 Å². The smallest absolute Gasteiger partial charge is 0.418 e. The number of nitrogens with one attached hydrogen (secondary N) is 1. The number of alkyl halides is 4. The van der Waals surface area contributed by atoms with Crippen LogP contribution in [0.5, 0.6) is 6.01 Å². The molecule has 0 unspecified atom stereocenters. The highest BCUT2D eigenvalue weighted by Gasteiger charge is 2.49. The molecule has 8 rings (SSSR count). The highest BCUT2D eigenvalue weighted by Crippen LogP contribution is 2.44. The molecular weight excluding hydrogens is 590 g/mol. The highest BCUT2D eigenvalue weighted by molar-refractivity contribution is 6.15. The fraction of sp³-hybridized carbons (Fsp3) is 0.548. The molecule has 0 radical (unpaired) electrons. The molecule has 4 aromatic heterocycles. The van der Waals surface area contributed by atoms with E-state index in [1.54, 1.807) is 17.7 Å². The number of anilines is 2. The van der Waals surface area contributed by atoms with Crippen LogP contribution in [0.3, 0.4) is 0 Å². The Bertz CT molecular complexity index is 1810. The molecule has 238 valence electrons. The van der Waals surface area contributed by atoms with E-state index in [9.17, 15) is 17.6 Å². The number of hydrogen-bond donors (Lipinski definition) is 2. The second-order valence-corrected chi connectivity index (χ2v) is 13.1. The molecule has 0 spiro atoms. The molecule has 4 aromatic rings. The standard InChI is InChI=1S/C31H35F4N9O/c1-16-10-21(36)39-24(23(16)31(33,34)35)25-26-20(6-8-37-25)22-27(42(26)2)40-29(41-28(22)43-13-18-4-5-19(14-43)38-18)45-15-30-7-3-9-44(30)12-17(32)11-30/h6,8,10,17-19,38H,3-5,7,9,11-15H2,1-2H3,(H2,36,39)/t17-,18-,19+,30+/m1/s1. The minimum Gasteiger partial charge on any atom is -0.461 e. The van der Waals surface area contributed by atoms with Crippen LogP contribution in [0, 0.1) is 6.92 Å². The number of nitrogens with two attached hydrogens (primary N) is 1. The summed E-state index contributed by atoms with van der Waals surface area (Å²) >= 11 is 0. The monoisotopic (exact) mass is 625 g/mol. The molecule has 45 heavy (non-hydrogen) atoms. The van der Waals surface area contributed by atoms with Crippen molar-refractivity contribution in [3.05, 3.63) is 29.5 Å². The van der Waals surface area contributed by atoms with Crippen molar-refractivity contribution in [3.63, 3.8) is 0 Å². The number of nitrogen functional groups attached to an aromatic ring is 1. The van der Waals surface area contributed by atoms with Crippen LogP contribution in [0.15, 0.2) is 18.3 Å². The molecule has 3 N–H and O–H groups in total. The minimum absolute atomic E-state index is 0.0247. The van der Waals surface area contributed by atoms with Gasteiger partial charge in [-0.15, -0.1) is 0 Å². The van der Waals surface area contributed by atoms with Crippen LogP contribution in [0.2, 0.25) is 0 Å². The van der Waals surface area contributed by atoms with E-state index in [0.717, 1.165) is 45.3 Å². The molecule has 4 saturated heterocycles. The maximum Gasteiger partial charge on any atom is 0.418 e. The number of fused-ring (bicyclic) bond motifs is 6. The zero-order valence-electron chi connectivity index (χ0n) is 25.2. The summed E-state index contributed by atoms with van der Waals surface area (Å²) in [5, 5.41) is 5.02. The summed E-state index contributed by atoms with van der Waals surface area (Å²) in [5.74, 6) is 0.641. The summed E-state index contributed by atoms with van der Waals surface area (Å²) < 4.78 is 65.8. The van der Waals surface area contributed by atoms with Crippen molar-refractivity contribution in [1.29, 1.82) is 0 Å². The Labute approximate surface area is 257 Å². The molecule has 4 aliphatic rings. The molecule has 14 heteroatoms. The van der Waals surface area contributed by atoms with E-state index in [1.165, 1.54) is 19.2 Å². The number of nitrogens with zero attached hydrogens (tertiary/aromatic N) is 7. The number of halogens is 4. The van der Waals surface area contributed by atoms with Crippen molar-refractivity contribution in [2.75, 3.05) is 43.4 Å². The lowest BCUT2D eigenvalue weighted by Crippen LogP contribution is -2.51. The van der Waals surface area contributed by atoms with Gasteiger partial charge in [0.2, 0.25) is 0 Å². The average molecular weight is 626 g/mol. The van der Waals surface area contributed by atoms with E-state index in [1.807, 2.05) is 0 Å². The number of ether oxygens (including phenoxy) is 1. The summed E-state index contributed by atoms with van der Waals surface area (Å²) in [4.78, 5) is 22.8. The number of aromatic nitrogens is 5. The first-order valence-electron chi connectivity index (χ1n) is 15.5. The molecule has 4 aliphatic heterocycles. The molecule has 2 bridgehead atoms. The third kappa shape index (κ3) is 4.58. The van der Waals surface area contributed by atoms with E-state index < -0.39 is 17.9 Å². The maximum absolute atomic E-state index is 14.5. The fourth-order valence-electron chi connectivity index (χ4n) is 8.31. The number of aryl methyl sites for hydroxylation is 2. The Balaban J connectivity index is 1.31. The average Bonchev–Trinajstić information content (AvgIpc) is 3.70. The van der Waals surface area contributed by atoms with Gasteiger partial charge in [-0.1, -0.05) is 0 Å². The van der Waals surface area contributed by atoms with Gasteiger partial charge in [0, 0.05) is 56.8 Å². The number of rotatable bonds is 5. The van der Waals surface area contributed by atoms with Crippen LogP contribution in [0.25, 0.3) is 33.3 Å². The Morgan fingerprint density at radius 2 is 1.89 bits per heavy atom. The van der Waals surface area contributed by atoms with Crippen LogP contribution in [-0.4, -0.2) is 86.0 Å². The van der Waals surface area contributed by atoms with Gasteiger partial charge in [0.1, 0.15) is 41.4 Å². The second kappa shape index (κ2) is 10.1. The minimum atomic E-state index is -4.67. The SMILES string of the molecule is Cc1cc(N)nc(-c2nccc3c4c(N5C[C@H]6CC[C@@H](C5)N6)nc(OC[C@@]56CCCN5C[C@H](F)C6)nc4n(C)c23)c1C(F)(F)F. The first-order valence-corrected chi connectivity index (χ1v) is 15.5. The quantitative estimate of drug-likeness (QED) is 0.312. The van der Waals surface area contributed by atoms with Crippen LogP contribution in [-0.2, 0) is 13.2 Å². The molecule has 0 saturated carbocycles. The third-order valence-corrected chi connectivity index (χ3v) is 10.2. The predicted molar refractivity (Wildman–Crippen MR) is 162 cm³/mol. The molecule has 0 amide bonds. The van der Waals surface area contributed by atoms with Gasteiger partial charge >= 0.3 is 12.2 Å². The summed E-state index contributed by atoms with van der Waals surface area (Å²) in [5.41, 5.74) is 5.37. The molecule has 4 fully saturated rings. The van der Waals surface area contributed by atoms with Crippen LogP contribution >= 0.6 is 0 Å². The third-order valence-electron chi connectivity index (χ3n) is 10.2. The van der Waals surface area contributed by atoms with Crippen molar-refractivity contribution in [1.82, 2.24) is 34.7 Å². The molecule has 10 nitrogen and oxygen atoms in total. The van der Waals surface area contributed by atoms with Gasteiger partial charge in [0.05, 0.1) is 22.0 Å². The number of hydrogen-bond acceptors (Lipinski definition) is 9. The van der Waals surface area contributed by atoms with Gasteiger partial charge in [0.25, 0.3) is 0 Å². The Kier molecular flexibility index (Phi) is 6.44. The Hall–Kier alpha value is -3.78. The van der Waals surface area contributed by atoms with E-state index >= 15 is 0 Å². The van der Waals surface area contributed by atoms with Gasteiger partial charge < -0.3 is 25.3 Å². The summed E-state index contributed by atoms with van der Waals surface area (Å²) in [6, 6.07) is 3.80. The fourth-order valence-corrected chi connectivity index (χ4v) is 8.31. The number of piperazine rings is 1. The van der Waals surface area contributed by atoms with Crippen molar-refractivity contribution < 1.29 is 22.3 Å². The van der Waals surface area contributed by atoms with Crippen molar-refractivity contribution in [2.45, 2.75) is 69.0 Å². The van der Waals surface area contributed by atoms with Crippen LogP contribution < -0.4 is 20.7 Å². The Morgan fingerprint density at radius 3 is 2.64 bits per heavy atom. The van der Waals surface area contributed by atoms with Crippen molar-refractivity contribution in [2.24, 2.45) is 7.05 Å².